The maximum Gasteiger partial charge on any atom is 0.261 e. The molecule has 1 aliphatic heterocycles. The Balaban J connectivity index is 1.56. The van der Waals surface area contributed by atoms with Crippen molar-refractivity contribution in [1.29, 1.82) is 0 Å². The number of thiocarbonyl (C=S) groups is 1. The normalized spacial score (nSPS) is 16.4. The number of rotatable bonds is 7. The van der Waals surface area contributed by atoms with Crippen LogP contribution in [0.3, 0.4) is 0 Å². The van der Waals surface area contributed by atoms with Crippen LogP contribution in [0.25, 0.3) is 0 Å². The van der Waals surface area contributed by atoms with Crippen LogP contribution < -0.4 is 20.1 Å². The van der Waals surface area contributed by atoms with E-state index in [-0.39, 0.29) is 11.0 Å². The van der Waals surface area contributed by atoms with Gasteiger partial charge in [-0.25, -0.2) is 8.42 Å². The molecule has 0 unspecified atom stereocenters. The number of hydrogen-bond acceptors (Lipinski definition) is 5. The van der Waals surface area contributed by atoms with E-state index in [1.807, 2.05) is 0 Å². The lowest BCUT2D eigenvalue weighted by Crippen LogP contribution is -2.34. The Labute approximate surface area is 170 Å². The summed E-state index contributed by atoms with van der Waals surface area (Å²) in [6, 6.07) is 13.1. The molecule has 28 heavy (non-hydrogen) atoms. The van der Waals surface area contributed by atoms with Gasteiger partial charge >= 0.3 is 0 Å². The highest BCUT2D eigenvalue weighted by atomic mass is 32.2. The van der Waals surface area contributed by atoms with E-state index in [2.05, 4.69) is 15.4 Å². The molecule has 3 N–H and O–H groups in total. The van der Waals surface area contributed by atoms with Crippen molar-refractivity contribution in [2.75, 3.05) is 30.3 Å². The van der Waals surface area contributed by atoms with Gasteiger partial charge in [0.15, 0.2) is 5.11 Å². The first-order valence-electron chi connectivity index (χ1n) is 8.90. The fourth-order valence-corrected chi connectivity index (χ4v) is 4.04. The van der Waals surface area contributed by atoms with Gasteiger partial charge in [-0.05, 0) is 73.6 Å². The average Bonchev–Trinajstić information content (AvgIpc) is 3.21. The fraction of sp³-hybridized carbons (Fsp3) is 0.316. The molecule has 3 rings (SSSR count). The smallest absolute Gasteiger partial charge is 0.261 e. The molecule has 0 radical (unpaired) electrons. The maximum absolute atomic E-state index is 12.5. The van der Waals surface area contributed by atoms with Crippen molar-refractivity contribution in [1.82, 2.24) is 5.32 Å². The van der Waals surface area contributed by atoms with Crippen LogP contribution in [-0.4, -0.2) is 39.9 Å². The number of benzene rings is 2. The molecular weight excluding hydrogens is 398 g/mol. The lowest BCUT2D eigenvalue weighted by molar-refractivity contribution is 0.114. The zero-order valence-electron chi connectivity index (χ0n) is 15.5. The van der Waals surface area contributed by atoms with Crippen molar-refractivity contribution < 1.29 is 17.9 Å². The third kappa shape index (κ3) is 5.57. The molecule has 1 heterocycles. The Kier molecular flexibility index (Phi) is 6.71. The van der Waals surface area contributed by atoms with Gasteiger partial charge in [0.1, 0.15) is 5.75 Å². The Morgan fingerprint density at radius 2 is 1.82 bits per heavy atom. The maximum atomic E-state index is 12.5. The van der Waals surface area contributed by atoms with Gasteiger partial charge in [-0.1, -0.05) is 0 Å². The van der Waals surface area contributed by atoms with E-state index in [9.17, 15) is 8.42 Å². The number of sulfonamides is 1. The molecule has 0 bridgehead atoms. The Morgan fingerprint density at radius 1 is 1.14 bits per heavy atom. The molecule has 0 aromatic heterocycles. The van der Waals surface area contributed by atoms with Crippen molar-refractivity contribution in [3.05, 3.63) is 48.5 Å². The van der Waals surface area contributed by atoms with Crippen LogP contribution in [0.2, 0.25) is 0 Å². The van der Waals surface area contributed by atoms with Crippen LogP contribution >= 0.6 is 12.2 Å². The third-order valence-electron chi connectivity index (χ3n) is 4.28. The number of methoxy groups -OCH3 is 1. The molecular formula is C19H23N3O4S2. The number of hydrogen-bond donors (Lipinski definition) is 3. The van der Waals surface area contributed by atoms with Gasteiger partial charge in [0.25, 0.3) is 10.0 Å². The summed E-state index contributed by atoms with van der Waals surface area (Å²) in [6.07, 6.45) is 2.30. The summed E-state index contributed by atoms with van der Waals surface area (Å²) in [5.41, 5.74) is 1.16. The highest BCUT2D eigenvalue weighted by molar-refractivity contribution is 7.92. The predicted octanol–water partition coefficient (Wildman–Crippen LogP) is 2.96. The molecule has 2 aromatic carbocycles. The van der Waals surface area contributed by atoms with Gasteiger partial charge in [-0.2, -0.15) is 0 Å². The summed E-state index contributed by atoms with van der Waals surface area (Å²) in [5.74, 6) is 0.655. The van der Waals surface area contributed by atoms with E-state index >= 15 is 0 Å². The monoisotopic (exact) mass is 421 g/mol. The number of anilines is 2. The molecule has 9 heteroatoms. The first-order chi connectivity index (χ1) is 13.5. The second-order valence-corrected chi connectivity index (χ2v) is 8.42. The highest BCUT2D eigenvalue weighted by Gasteiger charge is 2.16. The Hall–Kier alpha value is -2.36. The van der Waals surface area contributed by atoms with Crippen LogP contribution in [0.1, 0.15) is 12.8 Å². The van der Waals surface area contributed by atoms with Crippen LogP contribution in [-0.2, 0) is 14.8 Å². The predicted molar refractivity (Wildman–Crippen MR) is 113 cm³/mol. The minimum atomic E-state index is -3.68. The summed E-state index contributed by atoms with van der Waals surface area (Å²) < 4.78 is 38.2. The first-order valence-corrected chi connectivity index (χ1v) is 10.8. The molecule has 0 aliphatic carbocycles. The zero-order valence-corrected chi connectivity index (χ0v) is 17.1. The molecule has 1 atom stereocenters. The van der Waals surface area contributed by atoms with Crippen LogP contribution in [0.15, 0.2) is 53.4 Å². The molecule has 1 fully saturated rings. The van der Waals surface area contributed by atoms with E-state index in [1.54, 1.807) is 43.5 Å². The lowest BCUT2D eigenvalue weighted by Gasteiger charge is -2.14. The van der Waals surface area contributed by atoms with E-state index in [1.165, 1.54) is 12.1 Å². The topological polar surface area (TPSA) is 88.7 Å². The van der Waals surface area contributed by atoms with Gasteiger partial charge in [-0.3, -0.25) is 4.72 Å². The van der Waals surface area contributed by atoms with Crippen molar-refractivity contribution in [3.8, 4) is 5.75 Å². The summed E-state index contributed by atoms with van der Waals surface area (Å²) in [7, 11) is -2.13. The molecule has 7 nitrogen and oxygen atoms in total. The van der Waals surface area contributed by atoms with E-state index in [0.29, 0.717) is 28.8 Å². The quantitative estimate of drug-likeness (QED) is 0.592. The molecule has 0 saturated carbocycles. The second-order valence-electron chi connectivity index (χ2n) is 6.33. The summed E-state index contributed by atoms with van der Waals surface area (Å²) in [5, 5.41) is 6.63. The van der Waals surface area contributed by atoms with Crippen LogP contribution in [0.4, 0.5) is 11.4 Å². The van der Waals surface area contributed by atoms with E-state index in [0.717, 1.165) is 19.4 Å². The van der Waals surface area contributed by atoms with Gasteiger partial charge in [0, 0.05) is 24.5 Å². The van der Waals surface area contributed by atoms with Crippen molar-refractivity contribution in [2.45, 2.75) is 23.8 Å². The van der Waals surface area contributed by atoms with Crippen molar-refractivity contribution in [2.24, 2.45) is 0 Å². The van der Waals surface area contributed by atoms with Crippen molar-refractivity contribution in [3.63, 3.8) is 0 Å². The highest BCUT2D eigenvalue weighted by Crippen LogP contribution is 2.20. The summed E-state index contributed by atoms with van der Waals surface area (Å²) in [4.78, 5) is 0.159. The Morgan fingerprint density at radius 3 is 2.43 bits per heavy atom. The Bertz CT molecular complexity index is 894. The standard InChI is InChI=1S/C19H23N3O4S2/c1-25-16-8-4-15(5-9-16)22-28(23,24)18-10-6-14(7-11-18)21-19(27)20-13-17-3-2-12-26-17/h4-11,17,22H,2-3,12-13H2,1H3,(H2,20,21,27)/t17-/m0/s1. The third-order valence-corrected chi connectivity index (χ3v) is 5.92. The van der Waals surface area contributed by atoms with Gasteiger partial charge in [0.05, 0.1) is 18.1 Å². The summed E-state index contributed by atoms with van der Waals surface area (Å²) >= 11 is 5.27. The largest absolute Gasteiger partial charge is 0.497 e. The fourth-order valence-electron chi connectivity index (χ4n) is 2.78. The first kappa shape index (κ1) is 20.4. The number of nitrogens with one attached hydrogen (secondary N) is 3. The minimum Gasteiger partial charge on any atom is -0.497 e. The van der Waals surface area contributed by atoms with Crippen molar-refractivity contribution >= 4 is 38.7 Å². The molecule has 2 aromatic rings. The lowest BCUT2D eigenvalue weighted by atomic mass is 10.2. The van der Waals surface area contributed by atoms with Gasteiger partial charge < -0.3 is 20.1 Å². The minimum absolute atomic E-state index is 0.159. The molecule has 0 amide bonds. The molecule has 150 valence electrons. The van der Waals surface area contributed by atoms with E-state index in [4.69, 9.17) is 21.7 Å². The zero-order chi connectivity index (χ0) is 20.0. The van der Waals surface area contributed by atoms with Gasteiger partial charge in [-0.15, -0.1) is 0 Å². The average molecular weight is 422 g/mol. The van der Waals surface area contributed by atoms with Crippen LogP contribution in [0, 0.1) is 0 Å². The van der Waals surface area contributed by atoms with Gasteiger partial charge in [0.2, 0.25) is 0 Å². The molecule has 1 saturated heterocycles. The molecule has 1 aliphatic rings. The molecule has 0 spiro atoms. The SMILES string of the molecule is COc1ccc(NS(=O)(=O)c2ccc(NC(=S)NC[C@@H]3CCCO3)cc2)cc1. The summed E-state index contributed by atoms with van der Waals surface area (Å²) in [6.45, 7) is 1.46. The number of ether oxygens (including phenoxy) is 2. The van der Waals surface area contributed by atoms with Crippen LogP contribution in [0.5, 0.6) is 5.75 Å². The van der Waals surface area contributed by atoms with E-state index < -0.39 is 10.0 Å². The second kappa shape index (κ2) is 9.22.